The quantitative estimate of drug-likeness (QED) is 0.638. The molecule has 1 aromatic rings. The lowest BCUT2D eigenvalue weighted by atomic mass is 9.76. The Morgan fingerprint density at radius 3 is 2.55 bits per heavy atom. The molecule has 0 saturated heterocycles. The Kier molecular flexibility index (Phi) is 4.48. The van der Waals surface area contributed by atoms with Crippen molar-refractivity contribution in [3.63, 3.8) is 0 Å². The van der Waals surface area contributed by atoms with E-state index < -0.39 is 17.4 Å². The first-order valence-corrected chi connectivity index (χ1v) is 7.47. The maximum Gasteiger partial charge on any atom is 0.328 e. The van der Waals surface area contributed by atoms with Gasteiger partial charge < -0.3 is 9.84 Å². The number of carbonyl (C=O) groups excluding carboxylic acids is 1. The molecule has 0 radical (unpaired) electrons. The van der Waals surface area contributed by atoms with Crippen molar-refractivity contribution in [1.82, 2.24) is 0 Å². The zero-order valence-corrected chi connectivity index (χ0v) is 12.9. The number of benzene rings is 1. The molecular weight excluding hydrogens is 324 g/mol. The minimum Gasteiger partial charge on any atom is -0.480 e. The highest BCUT2D eigenvalue weighted by Crippen LogP contribution is 2.44. The lowest BCUT2D eigenvalue weighted by Crippen LogP contribution is -2.45. The van der Waals surface area contributed by atoms with E-state index in [-0.39, 0.29) is 12.5 Å². The number of hydrogen-bond donors (Lipinski definition) is 1. The van der Waals surface area contributed by atoms with Crippen LogP contribution in [0, 0.1) is 5.92 Å². The van der Waals surface area contributed by atoms with E-state index in [2.05, 4.69) is 15.9 Å². The van der Waals surface area contributed by atoms with Gasteiger partial charge in [-0.2, -0.15) is 0 Å². The Bertz CT molecular complexity index is 524. The summed E-state index contributed by atoms with van der Waals surface area (Å²) in [6, 6.07) is 6.96. The lowest BCUT2D eigenvalue weighted by molar-refractivity contribution is -0.162. The van der Waals surface area contributed by atoms with E-state index in [1.54, 1.807) is 31.2 Å². The first-order chi connectivity index (χ1) is 9.52. The van der Waals surface area contributed by atoms with Crippen LogP contribution in [0.15, 0.2) is 28.7 Å². The van der Waals surface area contributed by atoms with Crippen LogP contribution in [0.25, 0.3) is 0 Å². The predicted octanol–water partition coefficient (Wildman–Crippen LogP) is 3.13. The summed E-state index contributed by atoms with van der Waals surface area (Å²) in [7, 11) is 0. The Morgan fingerprint density at radius 2 is 2.05 bits per heavy atom. The van der Waals surface area contributed by atoms with E-state index >= 15 is 0 Å². The molecule has 1 aromatic carbocycles. The van der Waals surface area contributed by atoms with E-state index in [0.717, 1.165) is 12.8 Å². The summed E-state index contributed by atoms with van der Waals surface area (Å²) >= 11 is 3.36. The minimum absolute atomic E-state index is 0.170. The topological polar surface area (TPSA) is 63.6 Å². The largest absolute Gasteiger partial charge is 0.480 e. The number of halogens is 1. The number of aliphatic carboxylic acids is 1. The van der Waals surface area contributed by atoms with Crippen molar-refractivity contribution in [2.75, 3.05) is 6.61 Å². The van der Waals surface area contributed by atoms with E-state index in [1.807, 2.05) is 0 Å². The van der Waals surface area contributed by atoms with Crippen LogP contribution in [0.3, 0.4) is 0 Å². The van der Waals surface area contributed by atoms with Crippen LogP contribution in [0.4, 0.5) is 0 Å². The van der Waals surface area contributed by atoms with Gasteiger partial charge in [-0.25, -0.2) is 0 Å². The third-order valence-electron chi connectivity index (χ3n) is 3.61. The highest BCUT2D eigenvalue weighted by molar-refractivity contribution is 9.10. The Hall–Kier alpha value is -1.36. The zero-order valence-electron chi connectivity index (χ0n) is 11.3. The van der Waals surface area contributed by atoms with Crippen molar-refractivity contribution in [1.29, 1.82) is 0 Å². The molecule has 0 amide bonds. The molecule has 1 aliphatic rings. The van der Waals surface area contributed by atoms with Gasteiger partial charge in [0, 0.05) is 4.47 Å². The number of rotatable bonds is 6. The molecular formula is C15H17BrO4. The molecule has 0 spiro atoms. The smallest absolute Gasteiger partial charge is 0.328 e. The number of esters is 1. The van der Waals surface area contributed by atoms with Gasteiger partial charge in [0.05, 0.1) is 6.61 Å². The van der Waals surface area contributed by atoms with Gasteiger partial charge in [-0.15, -0.1) is 0 Å². The molecule has 4 nitrogen and oxygen atoms in total. The molecule has 1 aliphatic carbocycles. The first kappa shape index (κ1) is 15.0. The molecule has 1 N–H and O–H groups in total. The summed E-state index contributed by atoms with van der Waals surface area (Å²) < 4.78 is 5.69. The van der Waals surface area contributed by atoms with E-state index in [0.29, 0.717) is 16.5 Å². The van der Waals surface area contributed by atoms with Gasteiger partial charge in [-0.1, -0.05) is 47.0 Å². The highest BCUT2D eigenvalue weighted by atomic mass is 79.9. The molecule has 0 aliphatic heterocycles. The standard InChI is InChI=1S/C15H17BrO4/c1-2-20-14(19)15(13(17)18,9-10-7-8-10)11-5-3-4-6-12(11)16/h3-6,10H,2,7-9H2,1H3,(H,17,18). The van der Waals surface area contributed by atoms with Gasteiger partial charge in [0.15, 0.2) is 5.41 Å². The van der Waals surface area contributed by atoms with Gasteiger partial charge in [0.1, 0.15) is 0 Å². The van der Waals surface area contributed by atoms with Crippen LogP contribution in [0.5, 0.6) is 0 Å². The van der Waals surface area contributed by atoms with Gasteiger partial charge in [-0.3, -0.25) is 9.59 Å². The van der Waals surface area contributed by atoms with E-state index in [1.165, 1.54) is 0 Å². The number of hydrogen-bond acceptors (Lipinski definition) is 3. The fourth-order valence-corrected chi connectivity index (χ4v) is 3.03. The maximum atomic E-state index is 12.4. The molecule has 0 aromatic heterocycles. The molecule has 108 valence electrons. The second-order valence-corrected chi connectivity index (χ2v) is 5.91. The lowest BCUT2D eigenvalue weighted by Gasteiger charge is -2.28. The van der Waals surface area contributed by atoms with Gasteiger partial charge in [0.25, 0.3) is 0 Å². The normalized spacial score (nSPS) is 17.3. The van der Waals surface area contributed by atoms with Gasteiger partial charge in [0.2, 0.25) is 0 Å². The average molecular weight is 341 g/mol. The number of carboxylic acids is 1. The first-order valence-electron chi connectivity index (χ1n) is 6.68. The molecule has 1 atom stereocenters. The van der Waals surface area contributed by atoms with Crippen molar-refractivity contribution in [2.45, 2.75) is 31.6 Å². The van der Waals surface area contributed by atoms with Crippen molar-refractivity contribution < 1.29 is 19.4 Å². The van der Waals surface area contributed by atoms with Crippen LogP contribution >= 0.6 is 15.9 Å². The summed E-state index contributed by atoms with van der Waals surface area (Å²) in [5, 5.41) is 9.75. The Balaban J connectivity index is 2.53. The number of ether oxygens (including phenoxy) is 1. The van der Waals surface area contributed by atoms with Crippen molar-refractivity contribution >= 4 is 27.9 Å². The Morgan fingerprint density at radius 1 is 1.40 bits per heavy atom. The molecule has 0 heterocycles. The van der Waals surface area contributed by atoms with Crippen LogP contribution < -0.4 is 0 Å². The maximum absolute atomic E-state index is 12.4. The van der Waals surface area contributed by atoms with Gasteiger partial charge in [-0.05, 0) is 30.9 Å². The molecule has 1 unspecified atom stereocenters. The summed E-state index contributed by atoms with van der Waals surface area (Å²) in [5.41, 5.74) is -1.14. The fourth-order valence-electron chi connectivity index (χ4n) is 2.41. The number of carbonyl (C=O) groups is 2. The van der Waals surface area contributed by atoms with Crippen LogP contribution in [0.1, 0.15) is 31.7 Å². The second kappa shape index (κ2) is 5.95. The fraction of sp³-hybridized carbons (Fsp3) is 0.467. The molecule has 1 fully saturated rings. The molecule has 20 heavy (non-hydrogen) atoms. The second-order valence-electron chi connectivity index (χ2n) is 5.06. The minimum atomic E-state index is -1.61. The number of carboxylic acid groups (broad SMARTS) is 1. The van der Waals surface area contributed by atoms with Crippen molar-refractivity contribution in [2.24, 2.45) is 5.92 Å². The summed E-state index contributed by atoms with van der Waals surface area (Å²) in [6.45, 7) is 1.85. The molecule has 2 rings (SSSR count). The van der Waals surface area contributed by atoms with Crippen LogP contribution in [-0.2, 0) is 19.7 Å². The average Bonchev–Trinajstić information content (AvgIpc) is 3.20. The van der Waals surface area contributed by atoms with Crippen molar-refractivity contribution in [3.05, 3.63) is 34.3 Å². The molecule has 0 bridgehead atoms. The third kappa shape index (κ3) is 2.73. The van der Waals surface area contributed by atoms with Crippen molar-refractivity contribution in [3.8, 4) is 0 Å². The van der Waals surface area contributed by atoms with E-state index in [9.17, 15) is 14.7 Å². The molecule has 5 heteroatoms. The zero-order chi connectivity index (χ0) is 14.8. The highest BCUT2D eigenvalue weighted by Gasteiger charge is 2.53. The SMILES string of the molecule is CCOC(=O)C(CC1CC1)(C(=O)O)c1ccccc1Br. The van der Waals surface area contributed by atoms with Crippen LogP contribution in [-0.4, -0.2) is 23.7 Å². The monoisotopic (exact) mass is 340 g/mol. The summed E-state index contributed by atoms with van der Waals surface area (Å²) in [6.07, 6.45) is 2.24. The summed E-state index contributed by atoms with van der Waals surface area (Å²) in [5.74, 6) is -1.54. The van der Waals surface area contributed by atoms with E-state index in [4.69, 9.17) is 4.74 Å². The summed E-state index contributed by atoms with van der Waals surface area (Å²) in [4.78, 5) is 24.3. The predicted molar refractivity (Wildman–Crippen MR) is 77.4 cm³/mol. The molecule has 1 saturated carbocycles. The third-order valence-corrected chi connectivity index (χ3v) is 4.31. The van der Waals surface area contributed by atoms with Crippen LogP contribution in [0.2, 0.25) is 0 Å². The van der Waals surface area contributed by atoms with Gasteiger partial charge >= 0.3 is 11.9 Å². The Labute approximate surface area is 126 Å².